The second-order valence-corrected chi connectivity index (χ2v) is 6.09. The molecule has 0 aliphatic carbocycles. The molecule has 2 heteroatoms. The second-order valence-electron chi connectivity index (χ2n) is 6.09. The van der Waals surface area contributed by atoms with Gasteiger partial charge in [0, 0.05) is 5.39 Å². The van der Waals surface area contributed by atoms with Gasteiger partial charge in [0.2, 0.25) is 0 Å². The minimum atomic E-state index is 0.337. The number of benzene rings is 1. The zero-order chi connectivity index (χ0) is 15.1. The van der Waals surface area contributed by atoms with Gasteiger partial charge in [0.15, 0.2) is 0 Å². The average Bonchev–Trinajstić information content (AvgIpc) is 2.89. The molecule has 0 spiro atoms. The fourth-order valence-electron chi connectivity index (χ4n) is 2.91. The number of fused-ring (bicyclic) bond motifs is 1. The number of hydrogen-bond donors (Lipinski definition) is 1. The van der Waals surface area contributed by atoms with Crippen molar-refractivity contribution in [3.05, 3.63) is 35.6 Å². The quantitative estimate of drug-likeness (QED) is 0.594. The summed E-state index contributed by atoms with van der Waals surface area (Å²) in [5.74, 6) is 1.08. The van der Waals surface area contributed by atoms with Gasteiger partial charge in [-0.3, -0.25) is 0 Å². The van der Waals surface area contributed by atoms with E-state index in [9.17, 15) is 0 Å². The summed E-state index contributed by atoms with van der Waals surface area (Å²) < 4.78 is 6.01. The first-order valence-electron chi connectivity index (χ1n) is 8.42. The largest absolute Gasteiger partial charge is 0.459 e. The standard InChI is InChI=1S/C19H29NO/c1-4-5-6-7-8-9-10-17(20-3)19-14-16-13-15(2)11-12-18(16)21-19/h11-14,17,20H,4-10H2,1-3H3. The Morgan fingerprint density at radius 3 is 2.57 bits per heavy atom. The highest BCUT2D eigenvalue weighted by Gasteiger charge is 2.14. The van der Waals surface area contributed by atoms with E-state index in [1.807, 2.05) is 7.05 Å². The maximum Gasteiger partial charge on any atom is 0.134 e. The summed E-state index contributed by atoms with van der Waals surface area (Å²) in [7, 11) is 2.03. The van der Waals surface area contributed by atoms with Crippen molar-refractivity contribution in [2.24, 2.45) is 0 Å². The maximum atomic E-state index is 6.01. The van der Waals surface area contributed by atoms with Crippen LogP contribution in [0.25, 0.3) is 11.0 Å². The molecule has 1 N–H and O–H groups in total. The molecule has 0 bridgehead atoms. The van der Waals surface area contributed by atoms with Crippen molar-refractivity contribution in [2.45, 2.75) is 64.8 Å². The molecule has 0 amide bonds. The number of aryl methyl sites for hydroxylation is 1. The Morgan fingerprint density at radius 1 is 1.05 bits per heavy atom. The summed E-state index contributed by atoms with van der Waals surface area (Å²) >= 11 is 0. The summed E-state index contributed by atoms with van der Waals surface area (Å²) in [6.45, 7) is 4.39. The smallest absolute Gasteiger partial charge is 0.134 e. The highest BCUT2D eigenvalue weighted by atomic mass is 16.3. The van der Waals surface area contributed by atoms with Crippen molar-refractivity contribution < 1.29 is 4.42 Å². The molecule has 0 fully saturated rings. The summed E-state index contributed by atoms with van der Waals surface area (Å²) in [4.78, 5) is 0. The first-order valence-corrected chi connectivity index (χ1v) is 8.42. The van der Waals surface area contributed by atoms with Crippen LogP contribution in [-0.4, -0.2) is 7.05 Å². The first kappa shape index (κ1) is 16.1. The molecule has 1 aromatic carbocycles. The minimum absolute atomic E-state index is 0.337. The lowest BCUT2D eigenvalue weighted by atomic mass is 10.0. The van der Waals surface area contributed by atoms with E-state index < -0.39 is 0 Å². The van der Waals surface area contributed by atoms with Gasteiger partial charge in [-0.2, -0.15) is 0 Å². The molecule has 0 aliphatic heterocycles. The lowest BCUT2D eigenvalue weighted by molar-refractivity contribution is 0.416. The van der Waals surface area contributed by atoms with Gasteiger partial charge in [-0.25, -0.2) is 0 Å². The minimum Gasteiger partial charge on any atom is -0.459 e. The van der Waals surface area contributed by atoms with Crippen LogP contribution in [0.3, 0.4) is 0 Å². The van der Waals surface area contributed by atoms with Crippen LogP contribution in [0.2, 0.25) is 0 Å². The Hall–Kier alpha value is -1.28. The van der Waals surface area contributed by atoms with Gasteiger partial charge in [-0.1, -0.05) is 57.1 Å². The van der Waals surface area contributed by atoms with E-state index >= 15 is 0 Å². The fourth-order valence-corrected chi connectivity index (χ4v) is 2.91. The summed E-state index contributed by atoms with van der Waals surface area (Å²) in [6, 6.07) is 8.91. The van der Waals surface area contributed by atoms with Crippen molar-refractivity contribution in [1.82, 2.24) is 5.32 Å². The van der Waals surface area contributed by atoms with E-state index in [2.05, 4.69) is 43.4 Å². The summed E-state index contributed by atoms with van der Waals surface area (Å²) in [5, 5.41) is 4.62. The molecule has 1 heterocycles. The maximum absolute atomic E-state index is 6.01. The lowest BCUT2D eigenvalue weighted by Gasteiger charge is -2.13. The zero-order valence-corrected chi connectivity index (χ0v) is 13.7. The number of unbranched alkanes of at least 4 members (excludes halogenated alkanes) is 5. The Balaban J connectivity index is 1.90. The molecule has 2 aromatic rings. The van der Waals surface area contributed by atoms with E-state index in [1.54, 1.807) is 0 Å². The molecule has 0 radical (unpaired) electrons. The third kappa shape index (κ3) is 4.60. The van der Waals surface area contributed by atoms with Crippen LogP contribution in [0, 0.1) is 6.92 Å². The van der Waals surface area contributed by atoms with Crippen molar-refractivity contribution in [3.63, 3.8) is 0 Å². The highest BCUT2D eigenvalue weighted by Crippen LogP contribution is 2.27. The van der Waals surface area contributed by atoms with E-state index in [0.29, 0.717) is 6.04 Å². The Bertz CT molecular complexity index is 543. The molecule has 21 heavy (non-hydrogen) atoms. The van der Waals surface area contributed by atoms with Crippen molar-refractivity contribution in [2.75, 3.05) is 7.05 Å². The predicted octanol–water partition coefficient (Wildman–Crippen LogP) is 5.75. The molecule has 2 rings (SSSR count). The van der Waals surface area contributed by atoms with Crippen molar-refractivity contribution in [3.8, 4) is 0 Å². The molecule has 1 atom stereocenters. The monoisotopic (exact) mass is 287 g/mol. The second kappa shape index (κ2) is 8.23. The molecule has 116 valence electrons. The topological polar surface area (TPSA) is 25.2 Å². The first-order chi connectivity index (χ1) is 10.2. The number of furan rings is 1. The molecular formula is C19H29NO. The van der Waals surface area contributed by atoms with Crippen molar-refractivity contribution in [1.29, 1.82) is 0 Å². The Morgan fingerprint density at radius 2 is 1.81 bits per heavy atom. The Kier molecular flexibility index (Phi) is 6.31. The van der Waals surface area contributed by atoms with Crippen molar-refractivity contribution >= 4 is 11.0 Å². The third-order valence-corrected chi connectivity index (χ3v) is 4.23. The number of hydrogen-bond acceptors (Lipinski definition) is 2. The van der Waals surface area contributed by atoms with Gasteiger partial charge in [-0.15, -0.1) is 0 Å². The molecule has 0 saturated heterocycles. The lowest BCUT2D eigenvalue weighted by Crippen LogP contribution is -2.15. The molecule has 0 saturated carbocycles. The zero-order valence-electron chi connectivity index (χ0n) is 13.7. The summed E-state index contributed by atoms with van der Waals surface area (Å²) in [5.41, 5.74) is 2.28. The third-order valence-electron chi connectivity index (χ3n) is 4.23. The SMILES string of the molecule is CCCCCCCCC(NC)c1cc2cc(C)ccc2o1. The van der Waals surface area contributed by atoms with E-state index in [-0.39, 0.29) is 0 Å². The van der Waals surface area contributed by atoms with Crippen LogP contribution >= 0.6 is 0 Å². The Labute approximate surface area is 128 Å². The van der Waals surface area contributed by atoms with Gasteiger partial charge >= 0.3 is 0 Å². The fraction of sp³-hybridized carbons (Fsp3) is 0.579. The number of rotatable bonds is 9. The van der Waals surface area contributed by atoms with Crippen LogP contribution < -0.4 is 5.32 Å². The van der Waals surface area contributed by atoms with Gasteiger partial charge in [-0.05, 0) is 38.6 Å². The summed E-state index contributed by atoms with van der Waals surface area (Å²) in [6.07, 6.45) is 9.19. The van der Waals surface area contributed by atoms with Crippen LogP contribution in [0.4, 0.5) is 0 Å². The predicted molar refractivity (Wildman–Crippen MR) is 90.7 cm³/mol. The van der Waals surface area contributed by atoms with Gasteiger partial charge < -0.3 is 9.73 Å². The van der Waals surface area contributed by atoms with Gasteiger partial charge in [0.05, 0.1) is 6.04 Å². The highest BCUT2D eigenvalue weighted by molar-refractivity contribution is 5.78. The van der Waals surface area contributed by atoms with E-state index in [0.717, 1.165) is 17.8 Å². The molecule has 2 nitrogen and oxygen atoms in total. The number of nitrogens with one attached hydrogen (secondary N) is 1. The van der Waals surface area contributed by atoms with Crippen LogP contribution in [0.1, 0.15) is 69.2 Å². The normalized spacial score (nSPS) is 12.9. The average molecular weight is 287 g/mol. The molecular weight excluding hydrogens is 258 g/mol. The van der Waals surface area contributed by atoms with E-state index in [4.69, 9.17) is 4.42 Å². The van der Waals surface area contributed by atoms with Gasteiger partial charge in [0.1, 0.15) is 11.3 Å². The van der Waals surface area contributed by atoms with Gasteiger partial charge in [0.25, 0.3) is 0 Å². The molecule has 1 aromatic heterocycles. The van der Waals surface area contributed by atoms with Crippen LogP contribution in [-0.2, 0) is 0 Å². The molecule has 1 unspecified atom stereocenters. The van der Waals surface area contributed by atoms with Crippen LogP contribution in [0.15, 0.2) is 28.7 Å². The van der Waals surface area contributed by atoms with E-state index in [1.165, 1.54) is 49.5 Å². The van der Waals surface area contributed by atoms with Crippen LogP contribution in [0.5, 0.6) is 0 Å². The molecule has 0 aliphatic rings.